The molecule has 24 heavy (non-hydrogen) atoms. The van der Waals surface area contributed by atoms with Crippen molar-refractivity contribution < 1.29 is 12.8 Å². The van der Waals surface area contributed by atoms with Crippen molar-refractivity contribution in [2.45, 2.75) is 37.0 Å². The third-order valence-electron chi connectivity index (χ3n) is 4.26. The Morgan fingerprint density at radius 1 is 1.33 bits per heavy atom. The van der Waals surface area contributed by atoms with Crippen LogP contribution in [0.2, 0.25) is 5.02 Å². The Bertz CT molecular complexity index is 956. The number of fused-ring (bicyclic) bond motifs is 1. The molecule has 1 heterocycles. The summed E-state index contributed by atoms with van der Waals surface area (Å²) in [4.78, 5) is 11.5. The lowest BCUT2D eigenvalue weighted by atomic mass is 9.97. The molecule has 0 atom stereocenters. The summed E-state index contributed by atoms with van der Waals surface area (Å²) in [5, 5.41) is 0.0586. The number of benzene rings is 1. The van der Waals surface area contributed by atoms with Crippen LogP contribution < -0.4 is 10.5 Å². The highest BCUT2D eigenvalue weighted by atomic mass is 35.5. The van der Waals surface area contributed by atoms with Gasteiger partial charge in [0, 0.05) is 19.7 Å². The largest absolute Gasteiger partial charge is 0.419 e. The summed E-state index contributed by atoms with van der Waals surface area (Å²) in [5.74, 6) is -0.562. The van der Waals surface area contributed by atoms with E-state index in [-0.39, 0.29) is 15.5 Å². The second-order valence-electron chi connectivity index (χ2n) is 5.93. The number of aryl methyl sites for hydroxylation is 1. The van der Waals surface area contributed by atoms with Gasteiger partial charge in [-0.1, -0.05) is 23.3 Å². The minimum atomic E-state index is -3.77. The molecule has 6 nitrogen and oxygen atoms in total. The van der Waals surface area contributed by atoms with E-state index in [4.69, 9.17) is 16.0 Å². The first-order valence-corrected chi connectivity index (χ1v) is 9.71. The highest BCUT2D eigenvalue weighted by Crippen LogP contribution is 2.27. The first kappa shape index (κ1) is 17.3. The summed E-state index contributed by atoms with van der Waals surface area (Å²) in [7, 11) is -2.23. The lowest BCUT2D eigenvalue weighted by Crippen LogP contribution is -2.25. The first-order chi connectivity index (χ1) is 11.4. The van der Waals surface area contributed by atoms with Crippen molar-refractivity contribution in [2.24, 2.45) is 7.05 Å². The van der Waals surface area contributed by atoms with E-state index in [1.165, 1.54) is 35.7 Å². The third-order valence-corrected chi connectivity index (χ3v) is 6.18. The van der Waals surface area contributed by atoms with Crippen molar-refractivity contribution in [3.63, 3.8) is 0 Å². The van der Waals surface area contributed by atoms with Crippen molar-refractivity contribution >= 4 is 32.7 Å². The van der Waals surface area contributed by atoms with Gasteiger partial charge in [0.05, 0.1) is 10.5 Å². The number of sulfonamides is 1. The van der Waals surface area contributed by atoms with E-state index in [1.54, 1.807) is 0 Å². The highest BCUT2D eigenvalue weighted by molar-refractivity contribution is 7.89. The van der Waals surface area contributed by atoms with Gasteiger partial charge in [-0.25, -0.2) is 17.9 Å². The Kier molecular flexibility index (Phi) is 4.85. The van der Waals surface area contributed by atoms with Crippen LogP contribution >= 0.6 is 11.6 Å². The number of nitrogens with one attached hydrogen (secondary N) is 1. The average molecular weight is 371 g/mol. The van der Waals surface area contributed by atoms with E-state index in [0.717, 1.165) is 19.3 Å². The maximum Gasteiger partial charge on any atom is 0.419 e. The number of hydrogen-bond acceptors (Lipinski definition) is 4. The molecule has 3 rings (SSSR count). The van der Waals surface area contributed by atoms with Gasteiger partial charge in [-0.05, 0) is 38.2 Å². The van der Waals surface area contributed by atoms with Crippen LogP contribution in [0.4, 0.5) is 0 Å². The van der Waals surface area contributed by atoms with E-state index >= 15 is 0 Å². The molecule has 1 aromatic heterocycles. The lowest BCUT2D eigenvalue weighted by Gasteiger charge is -2.13. The topological polar surface area (TPSA) is 81.3 Å². The molecule has 1 N–H and O–H groups in total. The molecule has 0 spiro atoms. The van der Waals surface area contributed by atoms with E-state index in [0.29, 0.717) is 18.5 Å². The number of nitrogens with zero attached hydrogens (tertiary/aromatic N) is 1. The smallest absolute Gasteiger partial charge is 0.408 e. The Labute approximate surface area is 145 Å². The molecule has 1 aliphatic carbocycles. The second-order valence-corrected chi connectivity index (χ2v) is 8.08. The van der Waals surface area contributed by atoms with Gasteiger partial charge in [0.2, 0.25) is 10.0 Å². The summed E-state index contributed by atoms with van der Waals surface area (Å²) >= 11 is 6.11. The molecule has 0 fully saturated rings. The molecule has 1 aromatic carbocycles. The predicted molar refractivity (Wildman–Crippen MR) is 92.8 cm³/mol. The fourth-order valence-electron chi connectivity index (χ4n) is 2.89. The Morgan fingerprint density at radius 3 is 2.83 bits per heavy atom. The van der Waals surface area contributed by atoms with Crippen LogP contribution in [0.1, 0.15) is 32.1 Å². The molecule has 0 bridgehead atoms. The molecule has 0 unspecified atom stereocenters. The number of rotatable bonds is 5. The van der Waals surface area contributed by atoms with Gasteiger partial charge >= 0.3 is 5.76 Å². The lowest BCUT2D eigenvalue weighted by molar-refractivity contribution is 0.527. The fourth-order valence-corrected chi connectivity index (χ4v) is 4.46. The van der Waals surface area contributed by atoms with Crippen molar-refractivity contribution in [1.82, 2.24) is 9.29 Å². The van der Waals surface area contributed by atoms with Gasteiger partial charge in [-0.3, -0.25) is 4.57 Å². The molecule has 0 radical (unpaired) electrons. The van der Waals surface area contributed by atoms with Crippen molar-refractivity contribution in [3.05, 3.63) is 39.4 Å². The van der Waals surface area contributed by atoms with Crippen LogP contribution in [0.5, 0.6) is 0 Å². The van der Waals surface area contributed by atoms with Crippen LogP contribution in [-0.2, 0) is 17.1 Å². The zero-order valence-electron chi connectivity index (χ0n) is 13.3. The molecule has 130 valence electrons. The van der Waals surface area contributed by atoms with Crippen LogP contribution in [0.15, 0.2) is 37.9 Å². The third kappa shape index (κ3) is 3.43. The van der Waals surface area contributed by atoms with Gasteiger partial charge in [0.25, 0.3) is 0 Å². The quantitative estimate of drug-likeness (QED) is 0.820. The maximum absolute atomic E-state index is 12.5. The summed E-state index contributed by atoms with van der Waals surface area (Å²) < 4.78 is 33.9. The zero-order chi connectivity index (χ0) is 17.3. The number of hydrogen-bond donors (Lipinski definition) is 1. The SMILES string of the molecule is Cn1c(=O)oc2cc(S(=O)(=O)NCCC3=CCCCC3)c(Cl)cc21. The summed E-state index contributed by atoms with van der Waals surface area (Å²) in [6.45, 7) is 0.321. The molecule has 0 saturated heterocycles. The minimum Gasteiger partial charge on any atom is -0.408 e. The molecule has 2 aromatic rings. The molecular weight excluding hydrogens is 352 g/mol. The second kappa shape index (κ2) is 6.74. The van der Waals surface area contributed by atoms with Crippen molar-refractivity contribution in [3.8, 4) is 0 Å². The summed E-state index contributed by atoms with van der Waals surface area (Å²) in [5.41, 5.74) is 1.94. The van der Waals surface area contributed by atoms with E-state index in [1.807, 2.05) is 0 Å². The monoisotopic (exact) mass is 370 g/mol. The zero-order valence-corrected chi connectivity index (χ0v) is 14.9. The Hall–Kier alpha value is -1.57. The van der Waals surface area contributed by atoms with Gasteiger partial charge in [0.15, 0.2) is 5.58 Å². The fraction of sp³-hybridized carbons (Fsp3) is 0.438. The summed E-state index contributed by atoms with van der Waals surface area (Å²) in [6, 6.07) is 2.72. The first-order valence-electron chi connectivity index (χ1n) is 7.85. The van der Waals surface area contributed by atoms with Crippen molar-refractivity contribution in [1.29, 1.82) is 0 Å². The number of aromatic nitrogens is 1. The van der Waals surface area contributed by atoms with Gasteiger partial charge in [0.1, 0.15) is 4.90 Å². The molecule has 0 amide bonds. The number of oxazole rings is 1. The molecular formula is C16H19ClN2O4S. The Morgan fingerprint density at radius 2 is 2.12 bits per heavy atom. The normalized spacial score (nSPS) is 15.7. The standard InChI is InChI=1S/C16H19ClN2O4S/c1-19-13-9-12(17)15(10-14(13)23-16(19)20)24(21,22)18-8-7-11-5-3-2-4-6-11/h5,9-10,18H,2-4,6-8H2,1H3. The van der Waals surface area contributed by atoms with Crippen molar-refractivity contribution in [2.75, 3.05) is 6.54 Å². The molecule has 1 aliphatic rings. The van der Waals surface area contributed by atoms with E-state index in [9.17, 15) is 13.2 Å². The van der Waals surface area contributed by atoms with Crippen LogP contribution in [-0.4, -0.2) is 19.5 Å². The van der Waals surface area contributed by atoms with Gasteiger partial charge < -0.3 is 4.42 Å². The molecule has 0 saturated carbocycles. The van der Waals surface area contributed by atoms with E-state index in [2.05, 4.69) is 10.8 Å². The highest BCUT2D eigenvalue weighted by Gasteiger charge is 2.21. The number of allylic oxidation sites excluding steroid dienone is 1. The molecule has 0 aliphatic heterocycles. The maximum atomic E-state index is 12.5. The predicted octanol–water partition coefficient (Wildman–Crippen LogP) is 2.95. The minimum absolute atomic E-state index is 0.0586. The van der Waals surface area contributed by atoms with Gasteiger partial charge in [-0.2, -0.15) is 0 Å². The van der Waals surface area contributed by atoms with Crippen LogP contribution in [0.25, 0.3) is 11.1 Å². The molecule has 8 heteroatoms. The summed E-state index contributed by atoms with van der Waals surface area (Å²) in [6.07, 6.45) is 7.34. The van der Waals surface area contributed by atoms with Crippen LogP contribution in [0.3, 0.4) is 0 Å². The van der Waals surface area contributed by atoms with Gasteiger partial charge in [-0.15, -0.1) is 0 Å². The Balaban J connectivity index is 1.81. The average Bonchev–Trinajstić information content (AvgIpc) is 2.82. The van der Waals surface area contributed by atoms with E-state index < -0.39 is 15.8 Å². The van der Waals surface area contributed by atoms with Crippen LogP contribution in [0, 0.1) is 0 Å². The number of halogens is 1.